The number of amides is 1. The summed E-state index contributed by atoms with van der Waals surface area (Å²) in [6.07, 6.45) is 7.04. The predicted octanol–water partition coefficient (Wildman–Crippen LogP) is 3.55. The lowest BCUT2D eigenvalue weighted by Crippen LogP contribution is -2.35. The second-order valence-corrected chi connectivity index (χ2v) is 7.12. The first-order chi connectivity index (χ1) is 11.7. The van der Waals surface area contributed by atoms with Gasteiger partial charge in [0.15, 0.2) is 0 Å². The molecule has 1 saturated carbocycles. The number of rotatable bonds is 5. The van der Waals surface area contributed by atoms with Crippen molar-refractivity contribution >= 4 is 11.9 Å². The fourth-order valence-electron chi connectivity index (χ4n) is 3.84. The highest BCUT2D eigenvalue weighted by molar-refractivity contribution is 5.79. The van der Waals surface area contributed by atoms with Crippen LogP contribution >= 0.6 is 0 Å². The highest BCUT2D eigenvalue weighted by atomic mass is 16.5. The predicted molar refractivity (Wildman–Crippen MR) is 92.1 cm³/mol. The standard InChI is InChI=1S/C20H27NO3/c22-19(24-15-16-7-3-1-4-8-16)13-17-11-12-21(14-17)20(23)18-9-5-2-6-10-18/h1,3-4,7-8,17-18H,2,5-6,9-15H2. The minimum absolute atomic E-state index is 0.157. The number of nitrogens with zero attached hydrogens (tertiary/aromatic N) is 1. The fourth-order valence-corrected chi connectivity index (χ4v) is 3.84. The SMILES string of the molecule is O=C(CC1CCN(C(=O)C2CCCCC2)C1)OCc1ccccc1. The van der Waals surface area contributed by atoms with Crippen molar-refractivity contribution in [1.82, 2.24) is 4.90 Å². The number of benzene rings is 1. The second-order valence-electron chi connectivity index (χ2n) is 7.12. The van der Waals surface area contributed by atoms with Crippen molar-refractivity contribution < 1.29 is 14.3 Å². The van der Waals surface area contributed by atoms with Crippen molar-refractivity contribution in [3.8, 4) is 0 Å². The van der Waals surface area contributed by atoms with Gasteiger partial charge in [-0.3, -0.25) is 9.59 Å². The van der Waals surface area contributed by atoms with E-state index in [0.29, 0.717) is 18.9 Å². The lowest BCUT2D eigenvalue weighted by molar-refractivity contribution is -0.146. The van der Waals surface area contributed by atoms with Crippen LogP contribution in [0.3, 0.4) is 0 Å². The molecule has 1 aliphatic heterocycles. The number of esters is 1. The minimum atomic E-state index is -0.157. The molecule has 0 spiro atoms. The molecule has 1 aromatic rings. The molecule has 1 amide bonds. The van der Waals surface area contributed by atoms with Gasteiger partial charge in [0.2, 0.25) is 5.91 Å². The van der Waals surface area contributed by atoms with E-state index in [2.05, 4.69) is 0 Å². The van der Waals surface area contributed by atoms with Gasteiger partial charge in [-0.05, 0) is 30.7 Å². The minimum Gasteiger partial charge on any atom is -0.461 e. The van der Waals surface area contributed by atoms with E-state index >= 15 is 0 Å². The molecule has 130 valence electrons. The molecule has 0 radical (unpaired) electrons. The first-order valence-corrected chi connectivity index (χ1v) is 9.20. The molecule has 0 aromatic heterocycles. The maximum Gasteiger partial charge on any atom is 0.306 e. The van der Waals surface area contributed by atoms with Gasteiger partial charge >= 0.3 is 5.97 Å². The highest BCUT2D eigenvalue weighted by Crippen LogP contribution is 2.28. The largest absolute Gasteiger partial charge is 0.461 e. The van der Waals surface area contributed by atoms with Gasteiger partial charge in [-0.1, -0.05) is 49.6 Å². The van der Waals surface area contributed by atoms with Gasteiger partial charge in [0, 0.05) is 19.0 Å². The molecule has 3 rings (SSSR count). The van der Waals surface area contributed by atoms with Gasteiger partial charge in [-0.25, -0.2) is 0 Å². The normalized spacial score (nSPS) is 21.7. The lowest BCUT2D eigenvalue weighted by Gasteiger charge is -2.26. The quantitative estimate of drug-likeness (QED) is 0.776. The van der Waals surface area contributed by atoms with Gasteiger partial charge in [-0.15, -0.1) is 0 Å². The molecule has 24 heavy (non-hydrogen) atoms. The number of ether oxygens (including phenoxy) is 1. The second kappa shape index (κ2) is 8.32. The summed E-state index contributed by atoms with van der Waals surface area (Å²) in [6, 6.07) is 9.73. The van der Waals surface area contributed by atoms with E-state index in [0.717, 1.165) is 37.9 Å². The van der Waals surface area contributed by atoms with Crippen molar-refractivity contribution in [2.45, 2.75) is 51.6 Å². The van der Waals surface area contributed by atoms with Crippen LogP contribution < -0.4 is 0 Å². The average molecular weight is 329 g/mol. The molecule has 1 aromatic carbocycles. The van der Waals surface area contributed by atoms with Gasteiger partial charge in [0.25, 0.3) is 0 Å². The summed E-state index contributed by atoms with van der Waals surface area (Å²) in [5.41, 5.74) is 1.01. The van der Waals surface area contributed by atoms with E-state index in [9.17, 15) is 9.59 Å². The van der Waals surface area contributed by atoms with E-state index in [1.807, 2.05) is 35.2 Å². The molecular formula is C20H27NO3. The summed E-state index contributed by atoms with van der Waals surface area (Å²) in [4.78, 5) is 26.6. The highest BCUT2D eigenvalue weighted by Gasteiger charge is 2.32. The molecule has 4 heteroatoms. The van der Waals surface area contributed by atoms with Crippen molar-refractivity contribution in [2.24, 2.45) is 11.8 Å². The Kier molecular flexibility index (Phi) is 5.89. The molecule has 0 N–H and O–H groups in total. The molecule has 0 bridgehead atoms. The fraction of sp³-hybridized carbons (Fsp3) is 0.600. The van der Waals surface area contributed by atoms with Crippen molar-refractivity contribution in [3.05, 3.63) is 35.9 Å². The summed E-state index contributed by atoms with van der Waals surface area (Å²) < 4.78 is 5.36. The molecular weight excluding hydrogens is 302 g/mol. The Bertz CT molecular complexity index is 551. The van der Waals surface area contributed by atoms with Crippen LogP contribution in [-0.2, 0) is 20.9 Å². The lowest BCUT2D eigenvalue weighted by atomic mass is 9.88. The van der Waals surface area contributed by atoms with Gasteiger partial charge in [0.1, 0.15) is 6.61 Å². The number of hydrogen-bond acceptors (Lipinski definition) is 3. The molecule has 1 unspecified atom stereocenters. The zero-order valence-corrected chi connectivity index (χ0v) is 14.3. The Balaban J connectivity index is 1.40. The maximum absolute atomic E-state index is 12.6. The first kappa shape index (κ1) is 17.0. The Hall–Kier alpha value is -1.84. The monoisotopic (exact) mass is 329 g/mol. The zero-order chi connectivity index (χ0) is 16.8. The number of carbonyl (C=O) groups is 2. The van der Waals surface area contributed by atoms with Gasteiger partial charge < -0.3 is 9.64 Å². The molecule has 4 nitrogen and oxygen atoms in total. The number of hydrogen-bond donors (Lipinski definition) is 0. The summed E-state index contributed by atoms with van der Waals surface area (Å²) in [5, 5.41) is 0. The van der Waals surface area contributed by atoms with Crippen LogP contribution in [0.4, 0.5) is 0 Å². The molecule has 1 heterocycles. The average Bonchev–Trinajstić information content (AvgIpc) is 3.09. The summed E-state index contributed by atoms with van der Waals surface area (Å²) in [6.45, 7) is 1.85. The summed E-state index contributed by atoms with van der Waals surface area (Å²) >= 11 is 0. The van der Waals surface area contributed by atoms with E-state index in [-0.39, 0.29) is 17.8 Å². The zero-order valence-electron chi connectivity index (χ0n) is 14.3. The van der Waals surface area contributed by atoms with Crippen LogP contribution in [0.1, 0.15) is 50.5 Å². The molecule has 1 saturated heterocycles. The van der Waals surface area contributed by atoms with E-state index in [1.165, 1.54) is 19.3 Å². The molecule has 2 fully saturated rings. The molecule has 2 aliphatic rings. The van der Waals surface area contributed by atoms with Crippen LogP contribution in [-0.4, -0.2) is 29.9 Å². The third-order valence-corrected chi connectivity index (χ3v) is 5.25. The van der Waals surface area contributed by atoms with Crippen LogP contribution in [0, 0.1) is 11.8 Å². The van der Waals surface area contributed by atoms with E-state index < -0.39 is 0 Å². The van der Waals surface area contributed by atoms with E-state index in [1.54, 1.807) is 0 Å². The van der Waals surface area contributed by atoms with Crippen molar-refractivity contribution in [3.63, 3.8) is 0 Å². The van der Waals surface area contributed by atoms with Crippen LogP contribution in [0.5, 0.6) is 0 Å². The Labute approximate surface area is 144 Å². The first-order valence-electron chi connectivity index (χ1n) is 9.20. The Morgan fingerprint density at radius 3 is 2.54 bits per heavy atom. The topological polar surface area (TPSA) is 46.6 Å². The van der Waals surface area contributed by atoms with Gasteiger partial charge in [0.05, 0.1) is 6.42 Å². The Morgan fingerprint density at radius 1 is 1.04 bits per heavy atom. The van der Waals surface area contributed by atoms with E-state index in [4.69, 9.17) is 4.74 Å². The molecule has 1 atom stereocenters. The van der Waals surface area contributed by atoms with Crippen molar-refractivity contribution in [2.75, 3.05) is 13.1 Å². The third-order valence-electron chi connectivity index (χ3n) is 5.25. The maximum atomic E-state index is 12.6. The van der Waals surface area contributed by atoms with Gasteiger partial charge in [-0.2, -0.15) is 0 Å². The number of carbonyl (C=O) groups excluding carboxylic acids is 2. The molecule has 1 aliphatic carbocycles. The third kappa shape index (κ3) is 4.59. The summed E-state index contributed by atoms with van der Waals surface area (Å²) in [7, 11) is 0. The Morgan fingerprint density at radius 2 is 1.79 bits per heavy atom. The number of likely N-dealkylation sites (tertiary alicyclic amines) is 1. The van der Waals surface area contributed by atoms with Crippen LogP contribution in [0.15, 0.2) is 30.3 Å². The summed E-state index contributed by atoms with van der Waals surface area (Å²) in [5.74, 6) is 0.633. The van der Waals surface area contributed by atoms with Crippen molar-refractivity contribution in [1.29, 1.82) is 0 Å². The van der Waals surface area contributed by atoms with Crippen LogP contribution in [0.25, 0.3) is 0 Å². The smallest absolute Gasteiger partial charge is 0.306 e. The van der Waals surface area contributed by atoms with Crippen LogP contribution in [0.2, 0.25) is 0 Å².